The quantitative estimate of drug-likeness (QED) is 0.625. The van der Waals surface area contributed by atoms with E-state index in [2.05, 4.69) is 58.6 Å². The first-order valence-electron chi connectivity index (χ1n) is 9.11. The smallest absolute Gasteiger partial charge is 0.191 e. The first-order valence-corrected chi connectivity index (χ1v) is 9.49. The second-order valence-electron chi connectivity index (χ2n) is 6.57. The lowest BCUT2D eigenvalue weighted by molar-refractivity contribution is 0.649. The molecular weight excluding hydrogens is 346 g/mol. The molecule has 2 heterocycles. The van der Waals surface area contributed by atoms with Gasteiger partial charge in [0.25, 0.3) is 0 Å². The van der Waals surface area contributed by atoms with Crippen LogP contribution in [-0.2, 0) is 6.54 Å². The molecule has 1 saturated heterocycles. The maximum atomic E-state index is 6.28. The number of aliphatic imine (C=N–C) groups is 1. The Balaban J connectivity index is 1.61. The molecule has 1 aromatic heterocycles. The second-order valence-corrected chi connectivity index (χ2v) is 6.98. The number of nitrogens with zero attached hydrogens (tertiary/aromatic N) is 3. The molecule has 2 N–H and O–H groups in total. The average molecular weight is 372 g/mol. The van der Waals surface area contributed by atoms with Crippen LogP contribution >= 0.6 is 11.6 Å². The van der Waals surface area contributed by atoms with E-state index in [0.29, 0.717) is 17.6 Å². The third-order valence-electron chi connectivity index (χ3n) is 4.41. The fourth-order valence-corrected chi connectivity index (χ4v) is 3.42. The lowest BCUT2D eigenvalue weighted by Crippen LogP contribution is -2.44. The van der Waals surface area contributed by atoms with Gasteiger partial charge in [-0.05, 0) is 38.0 Å². The van der Waals surface area contributed by atoms with Gasteiger partial charge in [-0.25, -0.2) is 9.98 Å². The molecule has 1 atom stereocenters. The van der Waals surface area contributed by atoms with Crippen molar-refractivity contribution < 1.29 is 0 Å². The Bertz CT molecular complexity index is 761. The van der Waals surface area contributed by atoms with E-state index in [9.17, 15) is 0 Å². The van der Waals surface area contributed by atoms with Crippen molar-refractivity contribution in [2.24, 2.45) is 4.99 Å². The summed E-state index contributed by atoms with van der Waals surface area (Å²) in [4.78, 5) is 11.4. The van der Waals surface area contributed by atoms with E-state index in [4.69, 9.17) is 16.6 Å². The monoisotopic (exact) mass is 371 g/mol. The highest BCUT2D eigenvalue weighted by atomic mass is 35.5. The van der Waals surface area contributed by atoms with Gasteiger partial charge in [-0.2, -0.15) is 0 Å². The molecule has 0 amide bonds. The van der Waals surface area contributed by atoms with E-state index < -0.39 is 0 Å². The number of rotatable bonds is 5. The summed E-state index contributed by atoms with van der Waals surface area (Å²) in [7, 11) is 0. The molecule has 1 aliphatic rings. The Labute approximate surface area is 160 Å². The molecule has 3 rings (SSSR count). The van der Waals surface area contributed by atoms with Gasteiger partial charge >= 0.3 is 0 Å². The van der Waals surface area contributed by atoms with Crippen molar-refractivity contribution in [1.29, 1.82) is 0 Å². The number of benzene rings is 1. The normalized spacial score (nSPS) is 17.4. The van der Waals surface area contributed by atoms with Crippen LogP contribution in [0.2, 0.25) is 5.02 Å². The van der Waals surface area contributed by atoms with Crippen molar-refractivity contribution in [2.75, 3.05) is 24.5 Å². The van der Waals surface area contributed by atoms with Crippen LogP contribution in [0.15, 0.2) is 47.6 Å². The summed E-state index contributed by atoms with van der Waals surface area (Å²) < 4.78 is 0. The number of hydrogen-bond acceptors (Lipinski definition) is 3. The molecule has 5 nitrogen and oxygen atoms in total. The van der Waals surface area contributed by atoms with Gasteiger partial charge in [0.15, 0.2) is 5.96 Å². The molecule has 0 saturated carbocycles. The van der Waals surface area contributed by atoms with Crippen LogP contribution in [0.5, 0.6) is 0 Å². The van der Waals surface area contributed by atoms with Crippen molar-refractivity contribution in [3.05, 3.63) is 58.7 Å². The largest absolute Gasteiger partial charge is 0.357 e. The molecule has 2 aromatic rings. The summed E-state index contributed by atoms with van der Waals surface area (Å²) in [6.45, 7) is 7.49. The molecule has 0 bridgehead atoms. The fraction of sp³-hybridized carbons (Fsp3) is 0.400. The lowest BCUT2D eigenvalue weighted by atomic mass is 10.1. The van der Waals surface area contributed by atoms with Crippen LogP contribution in [0.1, 0.15) is 24.5 Å². The Kier molecular flexibility index (Phi) is 6.34. The van der Waals surface area contributed by atoms with Gasteiger partial charge in [0.2, 0.25) is 0 Å². The van der Waals surface area contributed by atoms with Crippen LogP contribution in [0.4, 0.5) is 5.82 Å². The highest BCUT2D eigenvalue weighted by molar-refractivity contribution is 6.32. The van der Waals surface area contributed by atoms with Crippen molar-refractivity contribution in [2.45, 2.75) is 32.9 Å². The topological polar surface area (TPSA) is 52.6 Å². The first-order chi connectivity index (χ1) is 12.7. The fourth-order valence-electron chi connectivity index (χ4n) is 3.17. The molecule has 26 heavy (non-hydrogen) atoms. The number of anilines is 1. The molecule has 1 aliphatic heterocycles. The highest BCUT2D eigenvalue weighted by Crippen LogP contribution is 2.25. The Morgan fingerprint density at radius 3 is 3.00 bits per heavy atom. The third-order valence-corrected chi connectivity index (χ3v) is 4.71. The van der Waals surface area contributed by atoms with Crippen LogP contribution in [-0.4, -0.2) is 36.6 Å². The predicted molar refractivity (Wildman–Crippen MR) is 109 cm³/mol. The predicted octanol–water partition coefficient (Wildman–Crippen LogP) is 3.38. The van der Waals surface area contributed by atoms with Gasteiger partial charge in [-0.3, -0.25) is 0 Å². The minimum absolute atomic E-state index is 0.323. The van der Waals surface area contributed by atoms with Gasteiger partial charge in [-0.15, -0.1) is 0 Å². The SMILES string of the molecule is CCNC(=NCc1cccc(C)c1)NC1CCN(c2ncccc2Cl)C1. The minimum atomic E-state index is 0.323. The Morgan fingerprint density at radius 2 is 2.23 bits per heavy atom. The van der Waals surface area contributed by atoms with Gasteiger partial charge in [-0.1, -0.05) is 41.4 Å². The zero-order valence-electron chi connectivity index (χ0n) is 15.4. The molecule has 6 heteroatoms. The van der Waals surface area contributed by atoms with Crippen LogP contribution < -0.4 is 15.5 Å². The molecule has 1 unspecified atom stereocenters. The first kappa shape index (κ1) is 18.5. The minimum Gasteiger partial charge on any atom is -0.357 e. The lowest BCUT2D eigenvalue weighted by Gasteiger charge is -2.20. The van der Waals surface area contributed by atoms with Crippen molar-refractivity contribution in [3.8, 4) is 0 Å². The van der Waals surface area contributed by atoms with Gasteiger partial charge in [0, 0.05) is 31.9 Å². The van der Waals surface area contributed by atoms with Gasteiger partial charge in [0.1, 0.15) is 5.82 Å². The summed E-state index contributed by atoms with van der Waals surface area (Å²) >= 11 is 6.28. The van der Waals surface area contributed by atoms with E-state index in [1.165, 1.54) is 11.1 Å². The van der Waals surface area contributed by atoms with E-state index in [1.54, 1.807) is 6.20 Å². The molecule has 1 fully saturated rings. The van der Waals surface area contributed by atoms with Crippen LogP contribution in [0.25, 0.3) is 0 Å². The molecule has 0 aliphatic carbocycles. The van der Waals surface area contributed by atoms with Crippen LogP contribution in [0.3, 0.4) is 0 Å². The summed E-state index contributed by atoms with van der Waals surface area (Å²) in [5.74, 6) is 1.72. The number of hydrogen-bond donors (Lipinski definition) is 2. The van der Waals surface area contributed by atoms with Crippen molar-refractivity contribution >= 4 is 23.4 Å². The zero-order valence-corrected chi connectivity index (χ0v) is 16.1. The average Bonchev–Trinajstić information content (AvgIpc) is 3.09. The number of guanidine groups is 1. The highest BCUT2D eigenvalue weighted by Gasteiger charge is 2.25. The van der Waals surface area contributed by atoms with Gasteiger partial charge in [0.05, 0.1) is 11.6 Å². The maximum absolute atomic E-state index is 6.28. The standard InChI is InChI=1S/C20H26ClN5/c1-3-22-20(24-13-16-7-4-6-15(2)12-16)25-17-9-11-26(14-17)19-18(21)8-5-10-23-19/h4-8,10,12,17H,3,9,11,13-14H2,1-2H3,(H2,22,24,25). The Morgan fingerprint density at radius 1 is 1.35 bits per heavy atom. The van der Waals surface area contributed by atoms with E-state index in [-0.39, 0.29) is 0 Å². The summed E-state index contributed by atoms with van der Waals surface area (Å²) in [5.41, 5.74) is 2.48. The number of halogens is 1. The van der Waals surface area contributed by atoms with E-state index in [0.717, 1.165) is 37.8 Å². The zero-order chi connectivity index (χ0) is 18.4. The second kappa shape index (κ2) is 8.90. The maximum Gasteiger partial charge on any atom is 0.191 e. The number of pyridine rings is 1. The number of nitrogens with one attached hydrogen (secondary N) is 2. The van der Waals surface area contributed by atoms with Crippen molar-refractivity contribution in [3.63, 3.8) is 0 Å². The Hall–Kier alpha value is -2.27. The molecule has 0 radical (unpaired) electrons. The molecule has 1 aromatic carbocycles. The molecule has 138 valence electrons. The van der Waals surface area contributed by atoms with Crippen molar-refractivity contribution in [1.82, 2.24) is 15.6 Å². The summed E-state index contributed by atoms with van der Waals surface area (Å²) in [6, 6.07) is 12.5. The summed E-state index contributed by atoms with van der Waals surface area (Å²) in [6.07, 6.45) is 2.82. The van der Waals surface area contributed by atoms with Gasteiger partial charge < -0.3 is 15.5 Å². The summed E-state index contributed by atoms with van der Waals surface area (Å²) in [5, 5.41) is 7.59. The molecule has 0 spiro atoms. The molecular formula is C20H26ClN5. The van der Waals surface area contributed by atoms with E-state index in [1.807, 2.05) is 12.1 Å². The number of aromatic nitrogens is 1. The number of aryl methyl sites for hydroxylation is 1. The third kappa shape index (κ3) is 4.88. The van der Waals surface area contributed by atoms with E-state index >= 15 is 0 Å². The van der Waals surface area contributed by atoms with Crippen LogP contribution in [0, 0.1) is 6.92 Å².